The van der Waals surface area contributed by atoms with Gasteiger partial charge in [0.25, 0.3) is 0 Å². The zero-order valence-electron chi connectivity index (χ0n) is 12.1. The maximum absolute atomic E-state index is 6.70. The Morgan fingerprint density at radius 2 is 1.67 bits per heavy atom. The summed E-state index contributed by atoms with van der Waals surface area (Å²) in [6, 6.07) is 0. The van der Waals surface area contributed by atoms with Crippen LogP contribution in [-0.4, -0.2) is 14.6 Å². The van der Waals surface area contributed by atoms with Crippen LogP contribution < -0.4 is 0 Å². The second kappa shape index (κ2) is 3.85. The van der Waals surface area contributed by atoms with Crippen LogP contribution in [-0.2, 0) is 4.43 Å². The molecule has 0 aromatic carbocycles. The molecule has 0 aliphatic heterocycles. The van der Waals surface area contributed by atoms with Crippen LogP contribution in [0.5, 0.6) is 0 Å². The predicted octanol–water partition coefficient (Wildman–Crippen LogP) is 4.13. The van der Waals surface area contributed by atoms with Gasteiger partial charge in [-0.2, -0.15) is 0 Å². The Kier molecular flexibility index (Phi) is 2.56. The Balaban J connectivity index is 1.64. The molecule has 2 heteroatoms. The molecule has 4 bridgehead atoms. The highest BCUT2D eigenvalue weighted by molar-refractivity contribution is 6.48. The van der Waals surface area contributed by atoms with Crippen LogP contribution in [0.4, 0.5) is 0 Å². The predicted molar refractivity (Wildman–Crippen MR) is 77.1 cm³/mol. The summed E-state index contributed by atoms with van der Waals surface area (Å²) in [7, 11) is -0.891. The van der Waals surface area contributed by atoms with Gasteiger partial charge in [0.1, 0.15) is 0 Å². The Morgan fingerprint density at radius 1 is 0.944 bits per heavy atom. The lowest BCUT2D eigenvalue weighted by Gasteiger charge is -2.47. The summed E-state index contributed by atoms with van der Waals surface area (Å²) in [6.45, 7) is 4.75. The van der Waals surface area contributed by atoms with Crippen LogP contribution in [0.2, 0.25) is 13.1 Å². The van der Waals surface area contributed by atoms with Crippen LogP contribution >= 0.6 is 0 Å². The molecule has 0 N–H and O–H groups in total. The van der Waals surface area contributed by atoms with Crippen molar-refractivity contribution < 1.29 is 4.43 Å². The molecule has 102 valence electrons. The molecule has 0 aromatic heterocycles. The average Bonchev–Trinajstić information content (AvgIpc) is 3.05. The Labute approximate surface area is 113 Å². The quantitative estimate of drug-likeness (QED) is 0.697. The highest BCUT2D eigenvalue weighted by atomic mass is 28.3. The number of hydrogen-bond donors (Lipinski definition) is 0. The van der Waals surface area contributed by atoms with Gasteiger partial charge >= 0.3 is 0 Å². The third-order valence-electron chi connectivity index (χ3n) is 6.82. The molecule has 4 saturated carbocycles. The van der Waals surface area contributed by atoms with Crippen molar-refractivity contribution in [2.75, 3.05) is 0 Å². The standard InChI is InChI=1S/C16H28OSi/c1-18(2)17-16-8-5-13(11-16)9-14(16)15-6-3-12(10-15)4-7-15/h12-14,18H,3-11H2,1-2H3. The van der Waals surface area contributed by atoms with E-state index in [4.69, 9.17) is 4.43 Å². The van der Waals surface area contributed by atoms with Gasteiger partial charge in [-0.15, -0.1) is 0 Å². The molecule has 0 spiro atoms. The fourth-order valence-corrected chi connectivity index (χ4v) is 7.72. The lowest BCUT2D eigenvalue weighted by atomic mass is 9.64. The molecular weight excluding hydrogens is 236 g/mol. The van der Waals surface area contributed by atoms with Crippen molar-refractivity contribution in [1.29, 1.82) is 0 Å². The Hall–Kier alpha value is 0.177. The molecule has 0 saturated heterocycles. The van der Waals surface area contributed by atoms with E-state index in [2.05, 4.69) is 13.1 Å². The monoisotopic (exact) mass is 264 g/mol. The number of fused-ring (bicyclic) bond motifs is 4. The summed E-state index contributed by atoms with van der Waals surface area (Å²) < 4.78 is 6.70. The minimum Gasteiger partial charge on any atom is -0.415 e. The molecule has 4 aliphatic rings. The molecule has 4 aliphatic carbocycles. The van der Waals surface area contributed by atoms with Crippen molar-refractivity contribution in [3.63, 3.8) is 0 Å². The first-order valence-corrected chi connectivity index (χ1v) is 11.1. The van der Waals surface area contributed by atoms with Gasteiger partial charge in [-0.05, 0) is 94.1 Å². The van der Waals surface area contributed by atoms with E-state index in [-0.39, 0.29) is 0 Å². The molecule has 0 radical (unpaired) electrons. The minimum absolute atomic E-state index is 0.365. The van der Waals surface area contributed by atoms with E-state index in [9.17, 15) is 0 Å². The lowest BCUT2D eigenvalue weighted by Crippen LogP contribution is -2.46. The highest BCUT2D eigenvalue weighted by Gasteiger charge is 2.62. The van der Waals surface area contributed by atoms with E-state index in [1.807, 2.05) is 0 Å². The lowest BCUT2D eigenvalue weighted by molar-refractivity contribution is -0.0395. The van der Waals surface area contributed by atoms with Gasteiger partial charge in [0, 0.05) is 0 Å². The second-order valence-electron chi connectivity index (χ2n) is 8.14. The molecule has 1 nitrogen and oxygen atoms in total. The van der Waals surface area contributed by atoms with E-state index in [1.54, 1.807) is 19.3 Å². The van der Waals surface area contributed by atoms with Crippen LogP contribution in [0.25, 0.3) is 0 Å². The van der Waals surface area contributed by atoms with Gasteiger partial charge in [-0.25, -0.2) is 0 Å². The third-order valence-corrected chi connectivity index (χ3v) is 7.76. The molecule has 0 aromatic rings. The van der Waals surface area contributed by atoms with Gasteiger partial charge in [0.05, 0.1) is 5.60 Å². The van der Waals surface area contributed by atoms with Crippen LogP contribution in [0.1, 0.15) is 57.8 Å². The molecule has 4 fully saturated rings. The topological polar surface area (TPSA) is 9.23 Å². The summed E-state index contributed by atoms with van der Waals surface area (Å²) in [5, 5.41) is 0. The van der Waals surface area contributed by atoms with Crippen molar-refractivity contribution in [3.8, 4) is 0 Å². The zero-order valence-corrected chi connectivity index (χ0v) is 13.2. The zero-order chi connectivity index (χ0) is 12.4. The average molecular weight is 264 g/mol. The maximum Gasteiger partial charge on any atom is 0.171 e. The fourth-order valence-electron chi connectivity index (χ4n) is 6.40. The molecule has 3 unspecified atom stereocenters. The number of rotatable bonds is 3. The van der Waals surface area contributed by atoms with Crippen molar-refractivity contribution in [2.24, 2.45) is 23.2 Å². The molecule has 18 heavy (non-hydrogen) atoms. The van der Waals surface area contributed by atoms with E-state index >= 15 is 0 Å². The van der Waals surface area contributed by atoms with Crippen molar-refractivity contribution in [1.82, 2.24) is 0 Å². The normalized spacial score (nSPS) is 53.8. The highest BCUT2D eigenvalue weighted by Crippen LogP contribution is 2.68. The summed E-state index contributed by atoms with van der Waals surface area (Å²) in [5.41, 5.74) is 1.10. The van der Waals surface area contributed by atoms with E-state index in [0.29, 0.717) is 5.60 Å². The van der Waals surface area contributed by atoms with Gasteiger partial charge in [-0.1, -0.05) is 0 Å². The molecule has 0 amide bonds. The molecule has 4 rings (SSSR count). The molecular formula is C16H28OSi. The summed E-state index contributed by atoms with van der Waals surface area (Å²) in [6.07, 6.45) is 13.5. The Morgan fingerprint density at radius 3 is 2.22 bits per heavy atom. The van der Waals surface area contributed by atoms with Crippen LogP contribution in [0.3, 0.4) is 0 Å². The first kappa shape index (κ1) is 12.0. The first-order chi connectivity index (χ1) is 8.62. The van der Waals surface area contributed by atoms with Crippen molar-refractivity contribution >= 4 is 9.04 Å². The largest absolute Gasteiger partial charge is 0.415 e. The first-order valence-electron chi connectivity index (χ1n) is 8.30. The van der Waals surface area contributed by atoms with Crippen molar-refractivity contribution in [3.05, 3.63) is 0 Å². The third kappa shape index (κ3) is 1.54. The number of hydrogen-bond acceptors (Lipinski definition) is 1. The van der Waals surface area contributed by atoms with E-state index in [0.717, 1.165) is 23.2 Å². The maximum atomic E-state index is 6.70. The summed E-state index contributed by atoms with van der Waals surface area (Å²) in [5.74, 6) is 3.07. The van der Waals surface area contributed by atoms with Crippen LogP contribution in [0.15, 0.2) is 0 Å². The van der Waals surface area contributed by atoms with Gasteiger partial charge in [0.2, 0.25) is 0 Å². The van der Waals surface area contributed by atoms with Gasteiger partial charge in [0.15, 0.2) is 9.04 Å². The van der Waals surface area contributed by atoms with Gasteiger partial charge in [-0.3, -0.25) is 0 Å². The SMILES string of the molecule is C[SiH](C)OC12CCC(CC1C13CCC(CC1)C3)C2. The minimum atomic E-state index is -0.891. The smallest absolute Gasteiger partial charge is 0.171 e. The van der Waals surface area contributed by atoms with E-state index in [1.165, 1.54) is 38.5 Å². The van der Waals surface area contributed by atoms with Crippen molar-refractivity contribution in [2.45, 2.75) is 76.5 Å². The molecule has 3 atom stereocenters. The van der Waals surface area contributed by atoms with Crippen LogP contribution in [0, 0.1) is 23.2 Å². The Bertz CT molecular complexity index is 345. The second-order valence-corrected chi connectivity index (χ2v) is 10.5. The van der Waals surface area contributed by atoms with E-state index < -0.39 is 9.04 Å². The molecule has 0 heterocycles. The summed E-state index contributed by atoms with van der Waals surface area (Å²) >= 11 is 0. The van der Waals surface area contributed by atoms with Gasteiger partial charge < -0.3 is 4.43 Å². The fraction of sp³-hybridized carbons (Fsp3) is 1.00. The summed E-state index contributed by atoms with van der Waals surface area (Å²) in [4.78, 5) is 0.